The van der Waals surface area contributed by atoms with Crippen molar-refractivity contribution < 1.29 is 0 Å². The number of hydrogen-bond donors (Lipinski definition) is 1. The minimum Gasteiger partial charge on any atom is -0.384 e. The first-order chi connectivity index (χ1) is 7.75. The molecular formula is C14H20N2. The van der Waals surface area contributed by atoms with E-state index >= 15 is 0 Å². The number of anilines is 1. The number of rotatable bonds is 0. The molecule has 2 heteroatoms. The Balaban J connectivity index is 1.97. The van der Waals surface area contributed by atoms with Crippen LogP contribution in [0.4, 0.5) is 5.69 Å². The summed E-state index contributed by atoms with van der Waals surface area (Å²) in [6.07, 6.45) is 1.32. The molecule has 1 saturated heterocycles. The second kappa shape index (κ2) is 3.77. The molecule has 0 bridgehead atoms. The van der Waals surface area contributed by atoms with E-state index in [1.165, 1.54) is 30.8 Å². The van der Waals surface area contributed by atoms with Crippen LogP contribution in [0.2, 0.25) is 0 Å². The lowest BCUT2D eigenvalue weighted by molar-refractivity contribution is 0.187. The topological polar surface area (TPSA) is 15.3 Å². The van der Waals surface area contributed by atoms with Crippen LogP contribution in [-0.2, 0) is 0 Å². The van der Waals surface area contributed by atoms with Gasteiger partial charge in [-0.3, -0.25) is 0 Å². The van der Waals surface area contributed by atoms with Gasteiger partial charge in [0.05, 0.1) is 0 Å². The number of nitrogens with one attached hydrogen (secondary N) is 1. The standard InChI is InChI=1S/C14H20N2/c1-10-4-3-5-13-12-6-7-16(2)9-11(12)8-15-14(10)13/h3-5,11-12,15H,6-9H2,1-2H3. The van der Waals surface area contributed by atoms with Gasteiger partial charge in [-0.2, -0.15) is 0 Å². The molecule has 1 N–H and O–H groups in total. The maximum atomic E-state index is 3.62. The van der Waals surface area contributed by atoms with Crippen LogP contribution in [0.1, 0.15) is 23.5 Å². The van der Waals surface area contributed by atoms with Crippen LogP contribution in [0.15, 0.2) is 18.2 Å². The summed E-state index contributed by atoms with van der Waals surface area (Å²) in [7, 11) is 2.24. The molecule has 86 valence electrons. The second-order valence-corrected chi connectivity index (χ2v) is 5.34. The number of likely N-dealkylation sites (tertiary alicyclic amines) is 1. The van der Waals surface area contributed by atoms with Crippen molar-refractivity contribution in [3.05, 3.63) is 29.3 Å². The molecule has 1 aromatic rings. The zero-order chi connectivity index (χ0) is 11.1. The first-order valence-electron chi connectivity index (χ1n) is 6.27. The van der Waals surface area contributed by atoms with E-state index in [4.69, 9.17) is 0 Å². The molecule has 2 nitrogen and oxygen atoms in total. The van der Waals surface area contributed by atoms with Gasteiger partial charge in [-0.1, -0.05) is 18.2 Å². The number of aryl methyl sites for hydroxylation is 1. The monoisotopic (exact) mass is 216 g/mol. The Hall–Kier alpha value is -1.02. The van der Waals surface area contributed by atoms with Crippen molar-refractivity contribution in [2.24, 2.45) is 5.92 Å². The third kappa shape index (κ3) is 1.52. The summed E-state index contributed by atoms with van der Waals surface area (Å²) >= 11 is 0. The van der Waals surface area contributed by atoms with Gasteiger partial charge in [-0.15, -0.1) is 0 Å². The van der Waals surface area contributed by atoms with Gasteiger partial charge in [0.25, 0.3) is 0 Å². The lowest BCUT2D eigenvalue weighted by Gasteiger charge is -2.41. The fourth-order valence-electron chi connectivity index (χ4n) is 3.30. The predicted octanol–water partition coefficient (Wildman–Crippen LogP) is 2.46. The molecule has 0 radical (unpaired) electrons. The molecule has 16 heavy (non-hydrogen) atoms. The van der Waals surface area contributed by atoms with Crippen LogP contribution in [0.25, 0.3) is 0 Å². The zero-order valence-electron chi connectivity index (χ0n) is 10.2. The molecule has 2 aliphatic heterocycles. The quantitative estimate of drug-likeness (QED) is 0.716. The van der Waals surface area contributed by atoms with Crippen LogP contribution in [0.3, 0.4) is 0 Å². The first-order valence-corrected chi connectivity index (χ1v) is 6.27. The Morgan fingerprint density at radius 2 is 2.25 bits per heavy atom. The average Bonchev–Trinajstić information content (AvgIpc) is 2.28. The number of hydrogen-bond acceptors (Lipinski definition) is 2. The van der Waals surface area contributed by atoms with E-state index in [9.17, 15) is 0 Å². The highest BCUT2D eigenvalue weighted by atomic mass is 15.1. The third-order valence-electron chi connectivity index (χ3n) is 4.18. The minimum atomic E-state index is 0.785. The molecule has 0 saturated carbocycles. The van der Waals surface area contributed by atoms with Crippen molar-refractivity contribution >= 4 is 5.69 Å². The molecule has 1 aromatic carbocycles. The number of piperidine rings is 1. The van der Waals surface area contributed by atoms with Gasteiger partial charge in [0.1, 0.15) is 0 Å². The van der Waals surface area contributed by atoms with Crippen LogP contribution in [-0.4, -0.2) is 31.6 Å². The highest BCUT2D eigenvalue weighted by Crippen LogP contribution is 2.41. The van der Waals surface area contributed by atoms with Crippen molar-refractivity contribution in [2.75, 3.05) is 32.0 Å². The minimum absolute atomic E-state index is 0.785. The molecule has 2 unspecified atom stereocenters. The maximum absolute atomic E-state index is 3.62. The largest absolute Gasteiger partial charge is 0.384 e. The van der Waals surface area contributed by atoms with Gasteiger partial charge in [0, 0.05) is 18.8 Å². The second-order valence-electron chi connectivity index (χ2n) is 5.34. The number of benzene rings is 1. The Labute approximate surface area is 97.6 Å². The Morgan fingerprint density at radius 1 is 1.38 bits per heavy atom. The van der Waals surface area contributed by atoms with Gasteiger partial charge in [-0.05, 0) is 49.9 Å². The molecule has 0 amide bonds. The zero-order valence-corrected chi connectivity index (χ0v) is 10.2. The van der Waals surface area contributed by atoms with Gasteiger partial charge < -0.3 is 10.2 Å². The highest BCUT2D eigenvalue weighted by Gasteiger charge is 2.33. The molecule has 0 spiro atoms. The van der Waals surface area contributed by atoms with E-state index in [-0.39, 0.29) is 0 Å². The fraction of sp³-hybridized carbons (Fsp3) is 0.571. The predicted molar refractivity (Wildman–Crippen MR) is 68.0 cm³/mol. The first kappa shape index (κ1) is 10.2. The van der Waals surface area contributed by atoms with Crippen LogP contribution < -0.4 is 5.32 Å². The van der Waals surface area contributed by atoms with Crippen LogP contribution in [0, 0.1) is 12.8 Å². The summed E-state index contributed by atoms with van der Waals surface area (Å²) in [5, 5.41) is 3.62. The molecule has 1 fully saturated rings. The SMILES string of the molecule is Cc1cccc2c1NCC1CN(C)CCC21. The van der Waals surface area contributed by atoms with Crippen LogP contribution in [0.5, 0.6) is 0 Å². The molecule has 0 aromatic heterocycles. The smallest absolute Gasteiger partial charge is 0.0405 e. The van der Waals surface area contributed by atoms with Crippen molar-refractivity contribution in [3.63, 3.8) is 0 Å². The van der Waals surface area contributed by atoms with E-state index in [1.807, 2.05) is 0 Å². The molecular weight excluding hydrogens is 196 g/mol. The maximum Gasteiger partial charge on any atom is 0.0405 e. The van der Waals surface area contributed by atoms with E-state index in [1.54, 1.807) is 5.56 Å². The summed E-state index contributed by atoms with van der Waals surface area (Å²) < 4.78 is 0. The number of para-hydroxylation sites is 1. The van der Waals surface area contributed by atoms with Crippen molar-refractivity contribution in [1.29, 1.82) is 0 Å². The summed E-state index contributed by atoms with van der Waals surface area (Å²) in [6.45, 7) is 5.84. The lowest BCUT2D eigenvalue weighted by Crippen LogP contribution is -2.42. The molecule has 0 aliphatic carbocycles. The van der Waals surface area contributed by atoms with Crippen molar-refractivity contribution in [2.45, 2.75) is 19.3 Å². The van der Waals surface area contributed by atoms with E-state index in [0.717, 1.165) is 18.4 Å². The van der Waals surface area contributed by atoms with Crippen molar-refractivity contribution in [1.82, 2.24) is 4.90 Å². The third-order valence-corrected chi connectivity index (χ3v) is 4.18. The van der Waals surface area contributed by atoms with Gasteiger partial charge in [0.15, 0.2) is 0 Å². The lowest BCUT2D eigenvalue weighted by atomic mass is 9.77. The van der Waals surface area contributed by atoms with Crippen LogP contribution >= 0.6 is 0 Å². The van der Waals surface area contributed by atoms with Gasteiger partial charge in [0.2, 0.25) is 0 Å². The number of nitrogens with zero attached hydrogens (tertiary/aromatic N) is 1. The Morgan fingerprint density at radius 3 is 3.12 bits per heavy atom. The number of fused-ring (bicyclic) bond motifs is 3. The average molecular weight is 216 g/mol. The Kier molecular flexibility index (Phi) is 2.40. The highest BCUT2D eigenvalue weighted by molar-refractivity contribution is 5.60. The van der Waals surface area contributed by atoms with Gasteiger partial charge >= 0.3 is 0 Å². The summed E-state index contributed by atoms with van der Waals surface area (Å²) in [5.74, 6) is 1.58. The molecule has 2 aliphatic rings. The molecule has 3 rings (SSSR count). The summed E-state index contributed by atoms with van der Waals surface area (Å²) in [5.41, 5.74) is 4.37. The van der Waals surface area contributed by atoms with E-state index < -0.39 is 0 Å². The normalized spacial score (nSPS) is 29.1. The molecule has 2 atom stereocenters. The summed E-state index contributed by atoms with van der Waals surface area (Å²) in [6, 6.07) is 6.73. The Bertz CT molecular complexity index is 400. The van der Waals surface area contributed by atoms with E-state index in [2.05, 4.69) is 42.4 Å². The van der Waals surface area contributed by atoms with E-state index in [0.29, 0.717) is 0 Å². The fourth-order valence-corrected chi connectivity index (χ4v) is 3.30. The molecule has 2 heterocycles. The summed E-state index contributed by atoms with van der Waals surface area (Å²) in [4.78, 5) is 2.46. The van der Waals surface area contributed by atoms with Crippen molar-refractivity contribution in [3.8, 4) is 0 Å². The van der Waals surface area contributed by atoms with Gasteiger partial charge in [-0.25, -0.2) is 0 Å².